The van der Waals surface area contributed by atoms with Crippen LogP contribution in [0.4, 0.5) is 17.2 Å². The van der Waals surface area contributed by atoms with E-state index in [0.717, 1.165) is 46.8 Å². The van der Waals surface area contributed by atoms with Crippen molar-refractivity contribution in [3.63, 3.8) is 0 Å². The van der Waals surface area contributed by atoms with Crippen LogP contribution in [0.25, 0.3) is 10.9 Å². The van der Waals surface area contributed by atoms with Crippen LogP contribution < -0.4 is 15.0 Å². The maximum absolute atomic E-state index is 6.40. The first-order valence-electron chi connectivity index (χ1n) is 9.63. The number of nitrogens with one attached hydrogen (secondary N) is 2. The number of anilines is 3. The van der Waals surface area contributed by atoms with Crippen molar-refractivity contribution in [1.29, 1.82) is 0 Å². The van der Waals surface area contributed by atoms with Crippen molar-refractivity contribution in [3.05, 3.63) is 77.6 Å². The first kappa shape index (κ1) is 17.9. The van der Waals surface area contributed by atoms with Crippen LogP contribution in [0.15, 0.2) is 67.0 Å². The van der Waals surface area contributed by atoms with Gasteiger partial charge in [0.25, 0.3) is 0 Å². The fraction of sp³-hybridized carbons (Fsp3) is 0.174. The maximum Gasteiger partial charge on any atom is 0.135 e. The molecule has 0 saturated carbocycles. The van der Waals surface area contributed by atoms with Gasteiger partial charge in [0, 0.05) is 40.2 Å². The van der Waals surface area contributed by atoms with Crippen molar-refractivity contribution < 1.29 is 4.74 Å². The number of ether oxygens (including phenoxy) is 1. The van der Waals surface area contributed by atoms with E-state index >= 15 is 0 Å². The third-order valence-corrected chi connectivity index (χ3v) is 5.60. The molecule has 6 heteroatoms. The highest BCUT2D eigenvalue weighted by molar-refractivity contribution is 6.35. The van der Waals surface area contributed by atoms with Crippen LogP contribution >= 0.6 is 11.6 Å². The summed E-state index contributed by atoms with van der Waals surface area (Å²) >= 11 is 6.40. The van der Waals surface area contributed by atoms with Crippen LogP contribution in [0.2, 0.25) is 5.02 Å². The lowest BCUT2D eigenvalue weighted by molar-refractivity contribution is 0.167. The average molecular weight is 405 g/mol. The molecular weight excluding hydrogens is 384 g/mol. The number of fused-ring (bicyclic) bond motifs is 1. The van der Waals surface area contributed by atoms with E-state index in [0.29, 0.717) is 5.02 Å². The van der Waals surface area contributed by atoms with Crippen molar-refractivity contribution in [2.45, 2.75) is 13.0 Å². The Balaban J connectivity index is 1.31. The summed E-state index contributed by atoms with van der Waals surface area (Å²) in [7, 11) is 0. The fourth-order valence-electron chi connectivity index (χ4n) is 3.73. The van der Waals surface area contributed by atoms with E-state index < -0.39 is 0 Å². The molecule has 3 heterocycles. The second-order valence-electron chi connectivity index (χ2n) is 7.28. The normalized spacial score (nSPS) is 14.1. The Kier molecular flexibility index (Phi) is 4.52. The number of benzene rings is 2. The highest BCUT2D eigenvalue weighted by Crippen LogP contribution is 2.33. The Morgan fingerprint density at radius 1 is 1.14 bits per heavy atom. The minimum absolute atomic E-state index is 0.204. The van der Waals surface area contributed by atoms with Gasteiger partial charge in [-0.3, -0.25) is 0 Å². The third-order valence-electron chi connectivity index (χ3n) is 5.29. The number of H-pyrrole nitrogens is 1. The van der Waals surface area contributed by atoms with Crippen LogP contribution in [0.3, 0.4) is 0 Å². The average Bonchev–Trinajstić information content (AvgIpc) is 3.17. The largest absolute Gasteiger partial charge is 0.487 e. The SMILES string of the molecule is Cc1c(N2CC(Oc3ccccc3)C2)ccnc1Nc1cc(Cl)c2cc[nH]c2c1. The number of hydrogen-bond acceptors (Lipinski definition) is 4. The molecule has 1 aliphatic rings. The zero-order chi connectivity index (χ0) is 19.8. The van der Waals surface area contributed by atoms with Gasteiger partial charge >= 0.3 is 0 Å². The molecule has 0 spiro atoms. The molecule has 0 radical (unpaired) electrons. The molecule has 0 aliphatic carbocycles. The second-order valence-corrected chi connectivity index (χ2v) is 7.69. The monoisotopic (exact) mass is 404 g/mol. The molecule has 4 aromatic rings. The molecule has 0 amide bonds. The standard InChI is InChI=1S/C23H21ClN4O/c1-15-22(28-13-18(14-28)29-17-5-3-2-4-6-17)8-10-26-23(15)27-16-11-20(24)19-7-9-25-21(19)12-16/h2-12,18,25H,13-14H2,1H3,(H,26,27). The first-order chi connectivity index (χ1) is 14.2. The van der Waals surface area contributed by atoms with E-state index in [1.807, 2.05) is 60.9 Å². The molecule has 146 valence electrons. The van der Waals surface area contributed by atoms with Gasteiger partial charge in [0.15, 0.2) is 0 Å². The molecule has 0 bridgehead atoms. The summed E-state index contributed by atoms with van der Waals surface area (Å²) in [5.41, 5.74) is 4.18. The van der Waals surface area contributed by atoms with Crippen LogP contribution in [-0.2, 0) is 0 Å². The molecule has 0 unspecified atom stereocenters. The maximum atomic E-state index is 6.40. The summed E-state index contributed by atoms with van der Waals surface area (Å²) in [6.45, 7) is 3.81. The minimum Gasteiger partial charge on any atom is -0.487 e. The number of nitrogens with zero attached hydrogens (tertiary/aromatic N) is 2. The lowest BCUT2D eigenvalue weighted by Gasteiger charge is -2.41. The Morgan fingerprint density at radius 2 is 1.97 bits per heavy atom. The minimum atomic E-state index is 0.204. The lowest BCUT2D eigenvalue weighted by atomic mass is 10.1. The number of pyridine rings is 1. The Bertz CT molecular complexity index is 1150. The van der Waals surface area contributed by atoms with E-state index in [4.69, 9.17) is 16.3 Å². The Hall–Kier alpha value is -3.18. The van der Waals surface area contributed by atoms with Crippen LogP contribution in [0, 0.1) is 6.92 Å². The van der Waals surface area contributed by atoms with E-state index in [9.17, 15) is 0 Å². The summed E-state index contributed by atoms with van der Waals surface area (Å²) in [6.07, 6.45) is 3.93. The van der Waals surface area contributed by atoms with Crippen molar-refractivity contribution in [1.82, 2.24) is 9.97 Å². The van der Waals surface area contributed by atoms with Gasteiger partial charge in [-0.15, -0.1) is 0 Å². The van der Waals surface area contributed by atoms with E-state index in [-0.39, 0.29) is 6.10 Å². The highest BCUT2D eigenvalue weighted by atomic mass is 35.5. The van der Waals surface area contributed by atoms with Crippen molar-refractivity contribution in [3.8, 4) is 5.75 Å². The molecule has 2 aromatic heterocycles. The smallest absolute Gasteiger partial charge is 0.135 e. The molecule has 2 N–H and O–H groups in total. The molecular formula is C23H21ClN4O. The van der Waals surface area contributed by atoms with Gasteiger partial charge in [0.2, 0.25) is 0 Å². The van der Waals surface area contributed by atoms with Crippen molar-refractivity contribution >= 4 is 39.7 Å². The zero-order valence-electron chi connectivity index (χ0n) is 16.0. The van der Waals surface area contributed by atoms with Gasteiger partial charge < -0.3 is 19.9 Å². The molecule has 0 atom stereocenters. The number of hydrogen-bond donors (Lipinski definition) is 2. The number of rotatable bonds is 5. The molecule has 1 aliphatic heterocycles. The van der Waals surface area contributed by atoms with Gasteiger partial charge in [-0.05, 0) is 43.3 Å². The number of aromatic nitrogens is 2. The van der Waals surface area contributed by atoms with Gasteiger partial charge in [0.1, 0.15) is 17.7 Å². The van der Waals surface area contributed by atoms with Crippen LogP contribution in [-0.4, -0.2) is 29.2 Å². The zero-order valence-corrected chi connectivity index (χ0v) is 16.8. The quantitative estimate of drug-likeness (QED) is 0.458. The first-order valence-corrected chi connectivity index (χ1v) is 10.0. The van der Waals surface area contributed by atoms with E-state index in [2.05, 4.69) is 33.2 Å². The van der Waals surface area contributed by atoms with Gasteiger partial charge in [0.05, 0.1) is 18.1 Å². The summed E-state index contributed by atoms with van der Waals surface area (Å²) in [4.78, 5) is 10.1. The predicted molar refractivity (Wildman–Crippen MR) is 119 cm³/mol. The topological polar surface area (TPSA) is 53.2 Å². The van der Waals surface area contributed by atoms with E-state index in [1.54, 1.807) is 0 Å². The molecule has 29 heavy (non-hydrogen) atoms. The number of aromatic amines is 1. The summed E-state index contributed by atoms with van der Waals surface area (Å²) in [5.74, 6) is 1.75. The third kappa shape index (κ3) is 3.49. The number of halogens is 1. The molecule has 2 aromatic carbocycles. The number of para-hydroxylation sites is 1. The Morgan fingerprint density at radius 3 is 2.79 bits per heavy atom. The molecule has 5 rings (SSSR count). The summed E-state index contributed by atoms with van der Waals surface area (Å²) in [5, 5.41) is 5.14. The van der Waals surface area contributed by atoms with Crippen molar-refractivity contribution in [2.24, 2.45) is 0 Å². The second kappa shape index (κ2) is 7.33. The summed E-state index contributed by atoms with van der Waals surface area (Å²) < 4.78 is 6.02. The Labute approximate surface area is 174 Å². The lowest BCUT2D eigenvalue weighted by Crippen LogP contribution is -2.54. The molecule has 5 nitrogen and oxygen atoms in total. The predicted octanol–water partition coefficient (Wildman–Crippen LogP) is 5.54. The molecule has 1 fully saturated rings. The van der Waals surface area contributed by atoms with E-state index in [1.165, 1.54) is 5.69 Å². The van der Waals surface area contributed by atoms with Crippen LogP contribution in [0.1, 0.15) is 5.56 Å². The van der Waals surface area contributed by atoms with Crippen molar-refractivity contribution in [2.75, 3.05) is 23.3 Å². The van der Waals surface area contributed by atoms with Gasteiger partial charge in [-0.1, -0.05) is 29.8 Å². The van der Waals surface area contributed by atoms with Crippen LogP contribution in [0.5, 0.6) is 5.75 Å². The highest BCUT2D eigenvalue weighted by Gasteiger charge is 2.30. The molecule has 1 saturated heterocycles. The van der Waals surface area contributed by atoms with Gasteiger partial charge in [-0.25, -0.2) is 4.98 Å². The fourth-order valence-corrected chi connectivity index (χ4v) is 4.01. The summed E-state index contributed by atoms with van der Waals surface area (Å²) in [6, 6.07) is 18.0. The van der Waals surface area contributed by atoms with Gasteiger partial charge in [-0.2, -0.15) is 0 Å².